The summed E-state index contributed by atoms with van der Waals surface area (Å²) in [4.78, 5) is 33.3. The lowest BCUT2D eigenvalue weighted by Gasteiger charge is -2.36. The number of nitrogens with one attached hydrogen (secondary N) is 1. The Morgan fingerprint density at radius 2 is 1.92 bits per heavy atom. The van der Waals surface area contributed by atoms with E-state index in [4.69, 9.17) is 4.74 Å². The van der Waals surface area contributed by atoms with Crippen LogP contribution in [0.5, 0.6) is 5.88 Å². The Hall–Kier alpha value is -3.44. The smallest absolute Gasteiger partial charge is 0.255 e. The largest absolute Gasteiger partial charge is 0.481 e. The van der Waals surface area contributed by atoms with Gasteiger partial charge in [-0.3, -0.25) is 4.79 Å². The second-order valence-electron chi connectivity index (χ2n) is 8.59. The monoisotopic (exact) mass is 524 g/mol. The maximum Gasteiger partial charge on any atom is 0.255 e. The first-order chi connectivity index (χ1) is 17.3. The lowest BCUT2D eigenvalue weighted by Crippen LogP contribution is -2.43. The van der Waals surface area contributed by atoms with E-state index >= 15 is 4.39 Å². The molecule has 11 heteroatoms. The molecule has 1 aliphatic rings. The Kier molecular flexibility index (Phi) is 6.67. The number of hydrogen-bond donors (Lipinski definition) is 1. The number of piperidine rings is 1. The molecule has 4 aromatic rings. The van der Waals surface area contributed by atoms with E-state index in [0.717, 1.165) is 21.3 Å². The van der Waals surface area contributed by atoms with Crippen LogP contribution in [-0.4, -0.2) is 50.9 Å². The van der Waals surface area contributed by atoms with E-state index in [1.165, 1.54) is 24.6 Å². The van der Waals surface area contributed by atoms with Gasteiger partial charge in [0.25, 0.3) is 5.91 Å². The average molecular weight is 525 g/mol. The number of pyridine rings is 2. The molecule has 4 aromatic heterocycles. The van der Waals surface area contributed by atoms with Crippen LogP contribution in [-0.2, 0) is 5.67 Å². The predicted octanol–water partition coefficient (Wildman–Crippen LogP) is 5.53. The van der Waals surface area contributed by atoms with Crippen LogP contribution >= 0.6 is 22.7 Å². The third kappa shape index (κ3) is 4.93. The van der Waals surface area contributed by atoms with Crippen LogP contribution in [0.2, 0.25) is 0 Å². The fraction of sp³-hybridized carbons (Fsp3) is 0.320. The van der Waals surface area contributed by atoms with Gasteiger partial charge in [-0.25, -0.2) is 24.3 Å². The van der Waals surface area contributed by atoms with Gasteiger partial charge in [0, 0.05) is 55.3 Å². The molecule has 36 heavy (non-hydrogen) atoms. The van der Waals surface area contributed by atoms with Crippen molar-refractivity contribution in [2.24, 2.45) is 0 Å². The van der Waals surface area contributed by atoms with Crippen LogP contribution in [0.3, 0.4) is 0 Å². The molecule has 5 heterocycles. The van der Waals surface area contributed by atoms with E-state index in [1.807, 2.05) is 19.2 Å². The van der Waals surface area contributed by atoms with Crippen molar-refractivity contribution in [3.63, 3.8) is 0 Å². The molecule has 0 spiro atoms. The number of nitrogens with zero attached hydrogens (tertiary/aromatic N) is 5. The van der Waals surface area contributed by atoms with E-state index < -0.39 is 5.67 Å². The highest BCUT2D eigenvalue weighted by Crippen LogP contribution is 2.37. The zero-order valence-corrected chi connectivity index (χ0v) is 21.7. The van der Waals surface area contributed by atoms with Crippen LogP contribution in [0.1, 0.15) is 39.5 Å². The molecule has 1 aliphatic heterocycles. The number of anilines is 2. The van der Waals surface area contributed by atoms with Gasteiger partial charge in [0.2, 0.25) is 5.88 Å². The van der Waals surface area contributed by atoms with Gasteiger partial charge < -0.3 is 15.0 Å². The zero-order valence-electron chi connectivity index (χ0n) is 20.1. The molecule has 1 amide bonds. The van der Waals surface area contributed by atoms with Gasteiger partial charge in [0.15, 0.2) is 5.13 Å². The first-order valence-electron chi connectivity index (χ1n) is 11.5. The number of likely N-dealkylation sites (tertiary alicyclic amines) is 1. The molecule has 0 aromatic carbocycles. The molecule has 0 unspecified atom stereocenters. The summed E-state index contributed by atoms with van der Waals surface area (Å²) >= 11 is 3.11. The summed E-state index contributed by atoms with van der Waals surface area (Å²) < 4.78 is 20.6. The van der Waals surface area contributed by atoms with Crippen molar-refractivity contribution >= 4 is 39.5 Å². The Morgan fingerprint density at radius 3 is 2.53 bits per heavy atom. The summed E-state index contributed by atoms with van der Waals surface area (Å²) in [5.41, 5.74) is 1.33. The molecule has 8 nitrogen and oxygen atoms in total. The molecule has 1 N–H and O–H groups in total. The molecule has 0 saturated carbocycles. The van der Waals surface area contributed by atoms with Crippen LogP contribution in [0.4, 0.5) is 15.3 Å². The summed E-state index contributed by atoms with van der Waals surface area (Å²) in [6.07, 6.45) is 3.48. The van der Waals surface area contributed by atoms with E-state index in [0.29, 0.717) is 41.0 Å². The first kappa shape index (κ1) is 24.3. The second kappa shape index (κ2) is 9.90. The van der Waals surface area contributed by atoms with Crippen molar-refractivity contribution in [2.45, 2.75) is 32.4 Å². The summed E-state index contributed by atoms with van der Waals surface area (Å²) in [5, 5.41) is 6.91. The standard InChI is InChI=1S/C25H25FN6O2S2/c1-15-22(36-16(2)29-15)19-14-35-24(30-19)31-20-6-4-17(12-27-20)23(33)32-10-8-25(26,9-11-32)18-5-7-21(34-3)28-13-18/h4-7,12-14H,8-11H2,1-3H3,(H,27,30,31). The van der Waals surface area contributed by atoms with E-state index in [2.05, 4.69) is 25.3 Å². The quantitative estimate of drug-likeness (QED) is 0.355. The van der Waals surface area contributed by atoms with Gasteiger partial charge in [0.1, 0.15) is 11.5 Å². The van der Waals surface area contributed by atoms with Crippen LogP contribution in [0.15, 0.2) is 42.0 Å². The molecule has 1 fully saturated rings. The van der Waals surface area contributed by atoms with E-state index in [-0.39, 0.29) is 18.7 Å². The normalized spacial score (nSPS) is 15.1. The van der Waals surface area contributed by atoms with Crippen molar-refractivity contribution in [1.29, 1.82) is 0 Å². The molecule has 0 bridgehead atoms. The third-order valence-corrected chi connectivity index (χ3v) is 8.04. The summed E-state index contributed by atoms with van der Waals surface area (Å²) in [7, 11) is 1.52. The summed E-state index contributed by atoms with van der Waals surface area (Å²) in [6.45, 7) is 4.60. The van der Waals surface area contributed by atoms with Gasteiger partial charge in [-0.1, -0.05) is 0 Å². The maximum absolute atomic E-state index is 15.5. The van der Waals surface area contributed by atoms with Crippen LogP contribution < -0.4 is 10.1 Å². The molecular weight excluding hydrogens is 499 g/mol. The Labute approximate surface area is 216 Å². The predicted molar refractivity (Wildman–Crippen MR) is 139 cm³/mol. The number of ether oxygens (including phenoxy) is 1. The molecule has 0 aliphatic carbocycles. The summed E-state index contributed by atoms with van der Waals surface area (Å²) in [6, 6.07) is 6.84. The van der Waals surface area contributed by atoms with Gasteiger partial charge in [-0.2, -0.15) is 0 Å². The number of alkyl halides is 1. The number of hydrogen-bond acceptors (Lipinski definition) is 9. The number of carbonyl (C=O) groups excluding carboxylic acids is 1. The molecule has 5 rings (SSSR count). The fourth-order valence-electron chi connectivity index (χ4n) is 4.21. The van der Waals surface area contributed by atoms with Crippen molar-refractivity contribution in [1.82, 2.24) is 24.8 Å². The lowest BCUT2D eigenvalue weighted by molar-refractivity contribution is 0.0419. The Bertz CT molecular complexity index is 1360. The number of aromatic nitrogens is 4. The highest BCUT2D eigenvalue weighted by Gasteiger charge is 2.38. The first-order valence-corrected chi connectivity index (χ1v) is 13.2. The molecular formula is C25H25FN6O2S2. The van der Waals surface area contributed by atoms with E-state index in [9.17, 15) is 4.79 Å². The molecule has 186 valence electrons. The van der Waals surface area contributed by atoms with Gasteiger partial charge in [-0.05, 0) is 32.0 Å². The number of thiazole rings is 2. The summed E-state index contributed by atoms with van der Waals surface area (Å²) in [5.74, 6) is 0.885. The third-order valence-electron chi connectivity index (χ3n) is 6.19. The minimum absolute atomic E-state index is 0.156. The zero-order chi connectivity index (χ0) is 25.3. The minimum atomic E-state index is -1.51. The number of aryl methyl sites for hydroxylation is 2. The van der Waals surface area contributed by atoms with Crippen molar-refractivity contribution in [3.8, 4) is 16.5 Å². The van der Waals surface area contributed by atoms with Crippen molar-refractivity contribution in [2.75, 3.05) is 25.5 Å². The van der Waals surface area contributed by atoms with Gasteiger partial charge in [-0.15, -0.1) is 22.7 Å². The SMILES string of the molecule is COc1ccc(C2(F)CCN(C(=O)c3ccc(Nc4nc(-c5sc(C)nc5C)cs4)nc3)CC2)cn1. The van der Waals surface area contributed by atoms with Gasteiger partial charge in [0.05, 0.1) is 33.9 Å². The number of methoxy groups -OCH3 is 1. The number of halogens is 1. The Morgan fingerprint density at radius 1 is 1.11 bits per heavy atom. The average Bonchev–Trinajstić information content (AvgIpc) is 3.49. The highest BCUT2D eigenvalue weighted by atomic mass is 32.1. The molecule has 0 radical (unpaired) electrons. The number of amides is 1. The Balaban J connectivity index is 1.20. The molecule has 0 atom stereocenters. The fourth-order valence-corrected chi connectivity index (χ4v) is 5.87. The lowest BCUT2D eigenvalue weighted by atomic mass is 9.87. The van der Waals surface area contributed by atoms with Crippen molar-refractivity contribution < 1.29 is 13.9 Å². The second-order valence-corrected chi connectivity index (χ2v) is 10.7. The minimum Gasteiger partial charge on any atom is -0.481 e. The van der Waals surface area contributed by atoms with E-state index in [1.54, 1.807) is 46.7 Å². The molecule has 1 saturated heterocycles. The number of carbonyl (C=O) groups is 1. The maximum atomic E-state index is 15.5. The van der Waals surface area contributed by atoms with Crippen LogP contribution in [0.25, 0.3) is 10.6 Å². The van der Waals surface area contributed by atoms with Crippen LogP contribution in [0, 0.1) is 13.8 Å². The topological polar surface area (TPSA) is 93.1 Å². The highest BCUT2D eigenvalue weighted by molar-refractivity contribution is 7.16. The van der Waals surface area contributed by atoms with Crippen molar-refractivity contribution in [3.05, 3.63) is 63.9 Å². The number of rotatable bonds is 6. The van der Waals surface area contributed by atoms with Gasteiger partial charge >= 0.3 is 0 Å².